The molecule has 2 unspecified atom stereocenters. The zero-order valence-corrected chi connectivity index (χ0v) is 25.8. The molecule has 2 N–H and O–H groups in total. The van der Waals surface area contributed by atoms with Gasteiger partial charge < -0.3 is 25.0 Å². The van der Waals surface area contributed by atoms with E-state index in [9.17, 15) is 19.2 Å². The van der Waals surface area contributed by atoms with Crippen LogP contribution >= 0.6 is 0 Å². The van der Waals surface area contributed by atoms with Crippen LogP contribution in [0, 0.1) is 13.8 Å². The second-order valence-electron chi connectivity index (χ2n) is 11.8. The minimum atomic E-state index is -1.10. The quantitative estimate of drug-likeness (QED) is 0.378. The van der Waals surface area contributed by atoms with E-state index in [-0.39, 0.29) is 13.0 Å². The van der Waals surface area contributed by atoms with Crippen molar-refractivity contribution in [3.05, 3.63) is 70.8 Å². The van der Waals surface area contributed by atoms with Crippen molar-refractivity contribution >= 4 is 23.9 Å². The minimum Gasteiger partial charge on any atom is -0.468 e. The molecule has 0 fully saturated rings. The number of rotatable bonds is 11. The first kappa shape index (κ1) is 33.3. The third-order valence-corrected chi connectivity index (χ3v) is 7.01. The molecule has 2 rings (SSSR count). The maximum Gasteiger partial charge on any atom is 0.408 e. The van der Waals surface area contributed by atoms with Crippen molar-refractivity contribution in [3.8, 4) is 0 Å². The molecular formula is C32H45N3O6. The van der Waals surface area contributed by atoms with Crippen molar-refractivity contribution in [2.24, 2.45) is 0 Å². The molecular weight excluding hydrogens is 522 g/mol. The van der Waals surface area contributed by atoms with Gasteiger partial charge in [0.2, 0.25) is 11.8 Å². The van der Waals surface area contributed by atoms with Crippen LogP contribution in [0.1, 0.15) is 76.3 Å². The summed E-state index contributed by atoms with van der Waals surface area (Å²) in [4.78, 5) is 54.8. The number of ether oxygens (including phenoxy) is 2. The first-order valence-electron chi connectivity index (χ1n) is 13.9. The van der Waals surface area contributed by atoms with Crippen LogP contribution in [-0.4, -0.2) is 59.6 Å². The van der Waals surface area contributed by atoms with Crippen LogP contribution in [0.2, 0.25) is 0 Å². The van der Waals surface area contributed by atoms with E-state index >= 15 is 0 Å². The SMILES string of the molecule is CCC(C)(C)N(C(=O)C(Cc1ccccc1)NC(=O)OC(C)(C)C)C(C(=O)NCC(=O)OC)c1ccc(C)c(C)c1. The Labute approximate surface area is 244 Å². The fourth-order valence-electron chi connectivity index (χ4n) is 4.29. The Hall–Kier alpha value is -3.88. The van der Waals surface area contributed by atoms with Gasteiger partial charge in [-0.05, 0) is 77.1 Å². The summed E-state index contributed by atoms with van der Waals surface area (Å²) in [5, 5.41) is 5.40. The number of amides is 3. The van der Waals surface area contributed by atoms with Crippen molar-refractivity contribution in [3.63, 3.8) is 0 Å². The van der Waals surface area contributed by atoms with E-state index in [0.717, 1.165) is 16.7 Å². The van der Waals surface area contributed by atoms with Gasteiger partial charge >= 0.3 is 12.1 Å². The topological polar surface area (TPSA) is 114 Å². The highest BCUT2D eigenvalue weighted by atomic mass is 16.6. The van der Waals surface area contributed by atoms with E-state index < -0.39 is 47.1 Å². The van der Waals surface area contributed by atoms with E-state index in [1.54, 1.807) is 20.8 Å². The van der Waals surface area contributed by atoms with Crippen LogP contribution in [0.25, 0.3) is 0 Å². The number of carbonyl (C=O) groups is 4. The summed E-state index contributed by atoms with van der Waals surface area (Å²) in [6.07, 6.45) is -0.0491. The van der Waals surface area contributed by atoms with Gasteiger partial charge in [-0.25, -0.2) is 4.79 Å². The molecule has 0 bridgehead atoms. The van der Waals surface area contributed by atoms with Gasteiger partial charge in [0.15, 0.2) is 0 Å². The van der Waals surface area contributed by atoms with Crippen LogP contribution < -0.4 is 10.6 Å². The van der Waals surface area contributed by atoms with Crippen molar-refractivity contribution in [2.45, 2.75) is 91.5 Å². The molecule has 0 aliphatic rings. The first-order valence-corrected chi connectivity index (χ1v) is 13.9. The highest BCUT2D eigenvalue weighted by molar-refractivity contribution is 5.94. The summed E-state index contributed by atoms with van der Waals surface area (Å²) in [7, 11) is 1.24. The molecule has 9 nitrogen and oxygen atoms in total. The Morgan fingerprint density at radius 1 is 0.927 bits per heavy atom. The van der Waals surface area contributed by atoms with Crippen LogP contribution in [0.5, 0.6) is 0 Å². The molecule has 2 atom stereocenters. The Morgan fingerprint density at radius 3 is 2.10 bits per heavy atom. The predicted octanol–water partition coefficient (Wildman–Crippen LogP) is 4.79. The molecule has 0 radical (unpaired) electrons. The molecule has 0 saturated heterocycles. The zero-order chi connectivity index (χ0) is 31.0. The standard InChI is InChI=1S/C32H45N3O6/c1-10-32(7,8)35(27(28(37)33-20-26(36)40-9)24-17-16-21(2)22(3)18-24)29(38)25(19-23-14-12-11-13-15-23)34-30(39)41-31(4,5)6/h11-18,25,27H,10,19-20H2,1-9H3,(H,33,37)(H,34,39). The number of nitrogens with one attached hydrogen (secondary N) is 2. The molecule has 0 aliphatic heterocycles. The summed E-state index contributed by atoms with van der Waals surface area (Å²) < 4.78 is 10.2. The zero-order valence-electron chi connectivity index (χ0n) is 25.8. The third-order valence-electron chi connectivity index (χ3n) is 7.01. The fraction of sp³-hybridized carbons (Fsp3) is 0.500. The number of hydrogen-bond donors (Lipinski definition) is 2. The number of nitrogens with zero attached hydrogens (tertiary/aromatic N) is 1. The normalized spacial score (nSPS) is 13.0. The highest BCUT2D eigenvalue weighted by Gasteiger charge is 2.43. The summed E-state index contributed by atoms with van der Waals surface area (Å²) in [6, 6.07) is 12.8. The predicted molar refractivity (Wildman–Crippen MR) is 158 cm³/mol. The van der Waals surface area contributed by atoms with Gasteiger partial charge in [0.05, 0.1) is 7.11 Å². The Bertz CT molecular complexity index is 1220. The first-order chi connectivity index (χ1) is 19.1. The van der Waals surface area contributed by atoms with Gasteiger partial charge in [0.1, 0.15) is 24.2 Å². The van der Waals surface area contributed by atoms with E-state index in [4.69, 9.17) is 9.47 Å². The molecule has 2 aromatic carbocycles. The number of carbonyl (C=O) groups excluding carboxylic acids is 4. The number of hydrogen-bond acceptors (Lipinski definition) is 6. The minimum absolute atomic E-state index is 0.179. The molecule has 9 heteroatoms. The smallest absolute Gasteiger partial charge is 0.408 e. The summed E-state index contributed by atoms with van der Waals surface area (Å²) in [5.41, 5.74) is 1.79. The molecule has 0 aliphatic carbocycles. The van der Waals surface area contributed by atoms with Crippen molar-refractivity contribution < 1.29 is 28.7 Å². The van der Waals surface area contributed by atoms with Crippen LogP contribution in [-0.2, 0) is 30.3 Å². The van der Waals surface area contributed by atoms with Crippen molar-refractivity contribution in [2.75, 3.05) is 13.7 Å². The van der Waals surface area contributed by atoms with Gasteiger partial charge in [0, 0.05) is 12.0 Å². The lowest BCUT2D eigenvalue weighted by Crippen LogP contribution is -2.60. The van der Waals surface area contributed by atoms with Gasteiger partial charge in [-0.2, -0.15) is 0 Å². The van der Waals surface area contributed by atoms with Gasteiger partial charge in [0.25, 0.3) is 0 Å². The van der Waals surface area contributed by atoms with E-state index in [1.807, 2.05) is 83.1 Å². The molecule has 0 spiro atoms. The lowest BCUT2D eigenvalue weighted by atomic mass is 9.90. The second kappa shape index (κ2) is 14.1. The number of alkyl carbamates (subject to hydrolysis) is 1. The molecule has 0 heterocycles. The maximum atomic E-state index is 14.6. The van der Waals surface area contributed by atoms with Gasteiger partial charge in [-0.1, -0.05) is 55.5 Å². The maximum absolute atomic E-state index is 14.6. The Morgan fingerprint density at radius 2 is 1.56 bits per heavy atom. The number of methoxy groups -OCH3 is 1. The van der Waals surface area contributed by atoms with Crippen LogP contribution in [0.15, 0.2) is 48.5 Å². The average molecular weight is 568 g/mol. The van der Waals surface area contributed by atoms with Crippen LogP contribution in [0.3, 0.4) is 0 Å². The van der Waals surface area contributed by atoms with Crippen molar-refractivity contribution in [1.82, 2.24) is 15.5 Å². The molecule has 224 valence electrons. The summed E-state index contributed by atoms with van der Waals surface area (Å²) in [5.74, 6) is -1.61. The van der Waals surface area contributed by atoms with Gasteiger partial charge in [-0.3, -0.25) is 14.4 Å². The number of esters is 1. The molecule has 3 amide bonds. The molecule has 0 saturated carbocycles. The van der Waals surface area contributed by atoms with Gasteiger partial charge in [-0.15, -0.1) is 0 Å². The van der Waals surface area contributed by atoms with E-state index in [0.29, 0.717) is 12.0 Å². The largest absolute Gasteiger partial charge is 0.468 e. The van der Waals surface area contributed by atoms with Crippen LogP contribution in [0.4, 0.5) is 4.79 Å². The summed E-state index contributed by atoms with van der Waals surface area (Å²) >= 11 is 0. The lowest BCUT2D eigenvalue weighted by Gasteiger charge is -2.44. The number of aryl methyl sites for hydroxylation is 2. The highest BCUT2D eigenvalue weighted by Crippen LogP contribution is 2.33. The summed E-state index contributed by atoms with van der Waals surface area (Å²) in [6.45, 7) is 14.5. The number of benzene rings is 2. The molecule has 0 aromatic heterocycles. The monoisotopic (exact) mass is 567 g/mol. The van der Waals surface area contributed by atoms with E-state index in [2.05, 4.69) is 10.6 Å². The third kappa shape index (κ3) is 9.62. The Balaban J connectivity index is 2.67. The van der Waals surface area contributed by atoms with Crippen molar-refractivity contribution in [1.29, 1.82) is 0 Å². The lowest BCUT2D eigenvalue weighted by molar-refractivity contribution is -0.150. The average Bonchev–Trinajstić information content (AvgIpc) is 2.90. The molecule has 2 aromatic rings. The molecule has 41 heavy (non-hydrogen) atoms. The van der Waals surface area contributed by atoms with E-state index in [1.165, 1.54) is 12.0 Å². The fourth-order valence-corrected chi connectivity index (χ4v) is 4.29. The second-order valence-corrected chi connectivity index (χ2v) is 11.8. The Kier molecular flexibility index (Phi) is 11.5.